The molecule has 1 fully saturated rings. The van der Waals surface area contributed by atoms with Crippen LogP contribution in [0.1, 0.15) is 25.2 Å². The molecule has 90 valence electrons. The van der Waals surface area contributed by atoms with Crippen molar-refractivity contribution in [3.8, 4) is 6.07 Å². The largest absolute Gasteiger partial charge is 0.386 e. The van der Waals surface area contributed by atoms with Gasteiger partial charge in [-0.15, -0.1) is 0 Å². The zero-order valence-corrected chi connectivity index (χ0v) is 10.3. The van der Waals surface area contributed by atoms with Crippen LogP contribution in [0.15, 0.2) is 6.07 Å². The van der Waals surface area contributed by atoms with Gasteiger partial charge in [0.15, 0.2) is 0 Å². The molecule has 1 aromatic rings. The monoisotopic (exact) mass is 232 g/mol. The van der Waals surface area contributed by atoms with Crippen LogP contribution in [0.4, 0.5) is 5.95 Å². The van der Waals surface area contributed by atoms with Gasteiger partial charge in [-0.2, -0.15) is 5.26 Å². The lowest BCUT2D eigenvalue weighted by Crippen LogP contribution is -2.65. The summed E-state index contributed by atoms with van der Waals surface area (Å²) < 4.78 is 0. The third kappa shape index (κ3) is 2.08. The Morgan fingerprint density at radius 3 is 2.65 bits per heavy atom. The number of aromatic nitrogens is 2. The second kappa shape index (κ2) is 3.97. The van der Waals surface area contributed by atoms with E-state index in [0.29, 0.717) is 24.7 Å². The Morgan fingerprint density at radius 1 is 1.47 bits per heavy atom. The molecule has 5 nitrogen and oxygen atoms in total. The molecule has 2 rings (SSSR count). The van der Waals surface area contributed by atoms with Gasteiger partial charge in [0.1, 0.15) is 17.4 Å². The zero-order valence-electron chi connectivity index (χ0n) is 10.3. The first kappa shape index (κ1) is 11.8. The van der Waals surface area contributed by atoms with E-state index in [1.165, 1.54) is 0 Å². The molecule has 0 radical (unpaired) electrons. The fraction of sp³-hybridized carbons (Fsp3) is 0.583. The van der Waals surface area contributed by atoms with E-state index < -0.39 is 5.60 Å². The van der Waals surface area contributed by atoms with Gasteiger partial charge in [0.05, 0.1) is 13.1 Å². The van der Waals surface area contributed by atoms with E-state index in [-0.39, 0.29) is 5.92 Å². The topological polar surface area (TPSA) is 73.0 Å². The van der Waals surface area contributed by atoms with Crippen molar-refractivity contribution in [2.75, 3.05) is 18.0 Å². The predicted octanol–water partition coefficient (Wildman–Crippen LogP) is 0.864. The molecule has 1 saturated heterocycles. The highest BCUT2D eigenvalue weighted by Gasteiger charge is 2.44. The summed E-state index contributed by atoms with van der Waals surface area (Å²) >= 11 is 0. The molecule has 0 aliphatic carbocycles. The molecular weight excluding hydrogens is 216 g/mol. The Bertz CT molecular complexity index is 472. The Hall–Kier alpha value is -1.67. The predicted molar refractivity (Wildman–Crippen MR) is 63.5 cm³/mol. The van der Waals surface area contributed by atoms with Crippen LogP contribution in [0.25, 0.3) is 0 Å². The fourth-order valence-corrected chi connectivity index (χ4v) is 1.87. The van der Waals surface area contributed by atoms with Gasteiger partial charge in [0.2, 0.25) is 5.95 Å². The van der Waals surface area contributed by atoms with Gasteiger partial charge < -0.3 is 10.0 Å². The minimum Gasteiger partial charge on any atom is -0.386 e. The third-order valence-corrected chi connectivity index (χ3v) is 3.24. The summed E-state index contributed by atoms with van der Waals surface area (Å²) in [6.07, 6.45) is 0. The second-order valence-corrected chi connectivity index (χ2v) is 4.92. The second-order valence-electron chi connectivity index (χ2n) is 4.92. The number of rotatable bonds is 2. The standard InChI is InChI=1S/C12H16N4O/c1-8(2)12(17)6-16(7-12)11-14-9(3)4-10(5-13)15-11/h4,8,17H,6-7H2,1-3H3. The van der Waals surface area contributed by atoms with Gasteiger partial charge in [0.25, 0.3) is 0 Å². The molecule has 0 saturated carbocycles. The Labute approximate surface area is 101 Å². The van der Waals surface area contributed by atoms with E-state index in [1.807, 2.05) is 31.7 Å². The van der Waals surface area contributed by atoms with E-state index in [9.17, 15) is 5.11 Å². The first-order chi connectivity index (χ1) is 7.94. The van der Waals surface area contributed by atoms with Gasteiger partial charge in [-0.05, 0) is 18.9 Å². The van der Waals surface area contributed by atoms with Gasteiger partial charge in [-0.25, -0.2) is 9.97 Å². The average molecular weight is 232 g/mol. The van der Waals surface area contributed by atoms with Gasteiger partial charge in [0, 0.05) is 5.69 Å². The van der Waals surface area contributed by atoms with E-state index >= 15 is 0 Å². The molecule has 0 atom stereocenters. The lowest BCUT2D eigenvalue weighted by Gasteiger charge is -2.49. The van der Waals surface area contributed by atoms with E-state index in [2.05, 4.69) is 9.97 Å². The highest BCUT2D eigenvalue weighted by atomic mass is 16.3. The fourth-order valence-electron chi connectivity index (χ4n) is 1.87. The summed E-state index contributed by atoms with van der Waals surface area (Å²) in [7, 11) is 0. The molecule has 0 bridgehead atoms. The summed E-state index contributed by atoms with van der Waals surface area (Å²) in [5.74, 6) is 0.742. The van der Waals surface area contributed by atoms with E-state index in [0.717, 1.165) is 5.69 Å². The number of nitrogens with zero attached hydrogens (tertiary/aromatic N) is 4. The van der Waals surface area contributed by atoms with Gasteiger partial charge >= 0.3 is 0 Å². The Kier molecular flexibility index (Phi) is 2.76. The molecule has 5 heteroatoms. The van der Waals surface area contributed by atoms with Crippen molar-refractivity contribution in [2.24, 2.45) is 5.92 Å². The lowest BCUT2D eigenvalue weighted by molar-refractivity contribution is -0.0309. The lowest BCUT2D eigenvalue weighted by atomic mass is 9.83. The first-order valence-electron chi connectivity index (χ1n) is 5.68. The van der Waals surface area contributed by atoms with Crippen molar-refractivity contribution in [1.29, 1.82) is 5.26 Å². The van der Waals surface area contributed by atoms with E-state index in [4.69, 9.17) is 5.26 Å². The highest BCUT2D eigenvalue weighted by Crippen LogP contribution is 2.31. The molecule has 1 aromatic heterocycles. The smallest absolute Gasteiger partial charge is 0.227 e. The molecule has 0 amide bonds. The molecule has 2 heterocycles. The van der Waals surface area contributed by atoms with E-state index in [1.54, 1.807) is 6.07 Å². The molecule has 17 heavy (non-hydrogen) atoms. The van der Waals surface area contributed by atoms with Gasteiger partial charge in [-0.1, -0.05) is 13.8 Å². The van der Waals surface area contributed by atoms with Crippen LogP contribution < -0.4 is 4.90 Å². The molecular formula is C12H16N4O. The maximum absolute atomic E-state index is 10.2. The summed E-state index contributed by atoms with van der Waals surface area (Å²) in [6.45, 7) is 6.88. The van der Waals surface area contributed by atoms with Crippen LogP contribution in [0, 0.1) is 24.2 Å². The normalized spacial score (nSPS) is 17.8. The highest BCUT2D eigenvalue weighted by molar-refractivity contribution is 5.41. The van der Waals surface area contributed by atoms with Crippen LogP contribution in [0.3, 0.4) is 0 Å². The number of β-amino-alcohol motifs (C(OH)–C–C–N with tert-alkyl or cyclic N) is 1. The molecule has 1 aliphatic rings. The number of aliphatic hydroxyl groups is 1. The van der Waals surface area contributed by atoms with Crippen molar-refractivity contribution in [3.63, 3.8) is 0 Å². The van der Waals surface area contributed by atoms with Crippen molar-refractivity contribution >= 4 is 5.95 Å². The van der Waals surface area contributed by atoms with Crippen molar-refractivity contribution in [3.05, 3.63) is 17.5 Å². The van der Waals surface area contributed by atoms with Gasteiger partial charge in [-0.3, -0.25) is 0 Å². The molecule has 0 spiro atoms. The van der Waals surface area contributed by atoms with Crippen LogP contribution in [-0.2, 0) is 0 Å². The maximum Gasteiger partial charge on any atom is 0.227 e. The van der Waals surface area contributed by atoms with Crippen LogP contribution in [-0.4, -0.2) is 33.8 Å². The van der Waals surface area contributed by atoms with Crippen LogP contribution in [0.2, 0.25) is 0 Å². The van der Waals surface area contributed by atoms with Crippen molar-refractivity contribution in [2.45, 2.75) is 26.4 Å². The number of hydrogen-bond acceptors (Lipinski definition) is 5. The number of anilines is 1. The molecule has 0 aromatic carbocycles. The Morgan fingerprint density at radius 2 is 2.12 bits per heavy atom. The summed E-state index contributed by atoms with van der Waals surface area (Å²) in [4.78, 5) is 10.3. The number of hydrogen-bond donors (Lipinski definition) is 1. The number of nitriles is 1. The van der Waals surface area contributed by atoms with Crippen molar-refractivity contribution < 1.29 is 5.11 Å². The maximum atomic E-state index is 10.2. The summed E-state index contributed by atoms with van der Waals surface area (Å²) in [6, 6.07) is 3.67. The van der Waals surface area contributed by atoms with Crippen LogP contribution in [0.5, 0.6) is 0 Å². The zero-order chi connectivity index (χ0) is 12.6. The summed E-state index contributed by atoms with van der Waals surface area (Å²) in [5, 5.41) is 19.0. The average Bonchev–Trinajstić information content (AvgIpc) is 2.23. The minimum absolute atomic E-state index is 0.207. The first-order valence-corrected chi connectivity index (χ1v) is 5.68. The molecule has 1 N–H and O–H groups in total. The Balaban J connectivity index is 2.17. The quantitative estimate of drug-likeness (QED) is 0.818. The minimum atomic E-state index is -0.653. The summed E-state index contributed by atoms with van der Waals surface area (Å²) in [5.41, 5.74) is 0.485. The molecule has 0 unspecified atom stereocenters. The third-order valence-electron chi connectivity index (χ3n) is 3.24. The van der Waals surface area contributed by atoms with Crippen molar-refractivity contribution in [1.82, 2.24) is 9.97 Å². The molecule has 1 aliphatic heterocycles. The number of aryl methyl sites for hydroxylation is 1. The van der Waals surface area contributed by atoms with Crippen LogP contribution >= 0.6 is 0 Å². The SMILES string of the molecule is Cc1cc(C#N)nc(N2CC(O)(C(C)C)C2)n1.